The minimum Gasteiger partial charge on any atom is -0.493 e. The highest BCUT2D eigenvalue weighted by atomic mass is 16.5. The van der Waals surface area contributed by atoms with Crippen LogP contribution in [0.4, 0.5) is 0 Å². The van der Waals surface area contributed by atoms with Crippen molar-refractivity contribution >= 4 is 10.8 Å². The number of hydrogen-bond donors (Lipinski definition) is 1. The van der Waals surface area contributed by atoms with E-state index in [4.69, 9.17) is 4.74 Å². The Bertz CT molecular complexity index is 602. The molecule has 0 heterocycles. The smallest absolute Gasteiger partial charge is 0.124 e. The molecular formula is C19H25NO. The number of benzene rings is 2. The van der Waals surface area contributed by atoms with E-state index in [2.05, 4.69) is 55.6 Å². The largest absolute Gasteiger partial charge is 0.493 e. The molecule has 2 aromatic carbocycles. The van der Waals surface area contributed by atoms with Crippen LogP contribution in [0.3, 0.4) is 0 Å². The van der Waals surface area contributed by atoms with Crippen molar-refractivity contribution in [1.82, 2.24) is 5.32 Å². The van der Waals surface area contributed by atoms with E-state index in [1.807, 2.05) is 0 Å². The van der Waals surface area contributed by atoms with Crippen molar-refractivity contribution in [3.63, 3.8) is 0 Å². The molecule has 1 aliphatic carbocycles. The van der Waals surface area contributed by atoms with E-state index in [1.165, 1.54) is 29.2 Å². The molecule has 112 valence electrons. The second-order valence-electron chi connectivity index (χ2n) is 6.45. The summed E-state index contributed by atoms with van der Waals surface area (Å²) in [4.78, 5) is 0. The summed E-state index contributed by atoms with van der Waals surface area (Å²) < 4.78 is 6.07. The first kappa shape index (κ1) is 14.4. The summed E-state index contributed by atoms with van der Waals surface area (Å²) in [5.41, 5.74) is 1.31. The molecule has 2 aromatic rings. The zero-order valence-corrected chi connectivity index (χ0v) is 13.1. The minimum atomic E-state index is 0.679. The Morgan fingerprint density at radius 2 is 1.95 bits per heavy atom. The van der Waals surface area contributed by atoms with Crippen LogP contribution in [0.2, 0.25) is 0 Å². The van der Waals surface area contributed by atoms with E-state index in [-0.39, 0.29) is 0 Å². The van der Waals surface area contributed by atoms with E-state index in [0.717, 1.165) is 25.3 Å². The van der Waals surface area contributed by atoms with Crippen LogP contribution in [0.5, 0.6) is 5.75 Å². The lowest BCUT2D eigenvalue weighted by atomic mass is 10.0. The molecule has 0 spiro atoms. The Morgan fingerprint density at radius 3 is 2.71 bits per heavy atom. The molecule has 1 aliphatic rings. The van der Waals surface area contributed by atoms with Crippen LogP contribution in [0.15, 0.2) is 36.4 Å². The van der Waals surface area contributed by atoms with Crippen molar-refractivity contribution in [2.24, 2.45) is 5.92 Å². The molecule has 0 amide bonds. The predicted octanol–water partition coefficient (Wildman–Crippen LogP) is 4.52. The number of hydrogen-bond acceptors (Lipinski definition) is 2. The van der Waals surface area contributed by atoms with Crippen molar-refractivity contribution in [2.45, 2.75) is 45.7 Å². The van der Waals surface area contributed by atoms with Gasteiger partial charge >= 0.3 is 0 Å². The van der Waals surface area contributed by atoms with Gasteiger partial charge in [-0.15, -0.1) is 0 Å². The fourth-order valence-corrected chi connectivity index (χ4v) is 2.57. The SMILES string of the molecule is CC(C)CCOc1ccc2ccccc2c1CNC1CC1. The first-order valence-electron chi connectivity index (χ1n) is 8.11. The molecule has 2 nitrogen and oxygen atoms in total. The summed E-state index contributed by atoms with van der Waals surface area (Å²) in [5, 5.41) is 6.23. The fourth-order valence-electron chi connectivity index (χ4n) is 2.57. The van der Waals surface area contributed by atoms with Crippen LogP contribution in [0, 0.1) is 5.92 Å². The highest BCUT2D eigenvalue weighted by Crippen LogP contribution is 2.29. The van der Waals surface area contributed by atoms with Gasteiger partial charge in [-0.2, -0.15) is 0 Å². The minimum absolute atomic E-state index is 0.679. The summed E-state index contributed by atoms with van der Waals surface area (Å²) in [6.07, 6.45) is 3.73. The maximum absolute atomic E-state index is 6.07. The third-order valence-electron chi connectivity index (χ3n) is 4.10. The molecular weight excluding hydrogens is 258 g/mol. The van der Waals surface area contributed by atoms with Crippen LogP contribution in [-0.2, 0) is 6.54 Å². The average molecular weight is 283 g/mol. The number of ether oxygens (including phenoxy) is 1. The van der Waals surface area contributed by atoms with Crippen LogP contribution in [0.25, 0.3) is 10.8 Å². The van der Waals surface area contributed by atoms with Gasteiger partial charge in [0.2, 0.25) is 0 Å². The second-order valence-corrected chi connectivity index (χ2v) is 6.45. The molecule has 0 saturated heterocycles. The van der Waals surface area contributed by atoms with Gasteiger partial charge in [-0.1, -0.05) is 44.2 Å². The van der Waals surface area contributed by atoms with E-state index >= 15 is 0 Å². The van der Waals surface area contributed by atoms with Gasteiger partial charge in [-0.25, -0.2) is 0 Å². The van der Waals surface area contributed by atoms with Gasteiger partial charge in [-0.05, 0) is 42.0 Å². The van der Waals surface area contributed by atoms with E-state index in [0.29, 0.717) is 12.0 Å². The topological polar surface area (TPSA) is 21.3 Å². The van der Waals surface area contributed by atoms with Gasteiger partial charge in [0.1, 0.15) is 5.75 Å². The van der Waals surface area contributed by atoms with Crippen molar-refractivity contribution in [1.29, 1.82) is 0 Å². The summed E-state index contributed by atoms with van der Waals surface area (Å²) in [7, 11) is 0. The van der Waals surface area contributed by atoms with Crippen LogP contribution in [-0.4, -0.2) is 12.6 Å². The number of nitrogens with one attached hydrogen (secondary N) is 1. The Kier molecular flexibility index (Phi) is 4.45. The van der Waals surface area contributed by atoms with Gasteiger partial charge in [0.15, 0.2) is 0 Å². The molecule has 0 aliphatic heterocycles. The molecule has 0 unspecified atom stereocenters. The fraction of sp³-hybridized carbons (Fsp3) is 0.474. The molecule has 0 aromatic heterocycles. The van der Waals surface area contributed by atoms with E-state index in [9.17, 15) is 0 Å². The average Bonchev–Trinajstić information content (AvgIpc) is 3.29. The summed E-state index contributed by atoms with van der Waals surface area (Å²) in [5.74, 6) is 1.72. The van der Waals surface area contributed by atoms with Gasteiger partial charge in [0.05, 0.1) is 6.61 Å². The Balaban J connectivity index is 1.83. The quantitative estimate of drug-likeness (QED) is 0.807. The Morgan fingerprint density at radius 1 is 1.14 bits per heavy atom. The lowest BCUT2D eigenvalue weighted by Crippen LogP contribution is -2.16. The molecule has 3 rings (SSSR count). The van der Waals surface area contributed by atoms with Crippen LogP contribution in [0.1, 0.15) is 38.7 Å². The van der Waals surface area contributed by atoms with Crippen LogP contribution >= 0.6 is 0 Å². The normalized spacial score (nSPS) is 14.8. The highest BCUT2D eigenvalue weighted by molar-refractivity contribution is 5.87. The third kappa shape index (κ3) is 3.76. The van der Waals surface area contributed by atoms with Crippen molar-refractivity contribution in [2.75, 3.05) is 6.61 Å². The molecule has 1 saturated carbocycles. The summed E-state index contributed by atoms with van der Waals surface area (Å²) in [6, 6.07) is 13.6. The molecule has 2 heteroatoms. The lowest BCUT2D eigenvalue weighted by Gasteiger charge is -2.15. The number of rotatable bonds is 7. The second kappa shape index (κ2) is 6.48. The molecule has 1 fully saturated rings. The Hall–Kier alpha value is -1.54. The van der Waals surface area contributed by atoms with E-state index in [1.54, 1.807) is 0 Å². The first-order chi connectivity index (χ1) is 10.2. The molecule has 21 heavy (non-hydrogen) atoms. The van der Waals surface area contributed by atoms with Gasteiger partial charge in [0.25, 0.3) is 0 Å². The summed E-state index contributed by atoms with van der Waals surface area (Å²) in [6.45, 7) is 6.17. The van der Waals surface area contributed by atoms with Gasteiger partial charge < -0.3 is 10.1 Å². The molecule has 0 bridgehead atoms. The highest BCUT2D eigenvalue weighted by Gasteiger charge is 2.21. The van der Waals surface area contributed by atoms with Crippen LogP contribution < -0.4 is 10.1 Å². The standard InChI is InChI=1S/C19H25NO/c1-14(2)11-12-21-19-10-7-15-5-3-4-6-17(15)18(19)13-20-16-8-9-16/h3-7,10,14,16,20H,8-9,11-13H2,1-2H3. The summed E-state index contributed by atoms with van der Waals surface area (Å²) >= 11 is 0. The maximum atomic E-state index is 6.07. The van der Waals surface area contributed by atoms with Crippen molar-refractivity contribution < 1.29 is 4.74 Å². The van der Waals surface area contributed by atoms with E-state index < -0.39 is 0 Å². The maximum Gasteiger partial charge on any atom is 0.124 e. The monoisotopic (exact) mass is 283 g/mol. The third-order valence-corrected chi connectivity index (χ3v) is 4.10. The Labute approximate surface area is 127 Å². The van der Waals surface area contributed by atoms with Crippen molar-refractivity contribution in [3.05, 3.63) is 42.0 Å². The lowest BCUT2D eigenvalue weighted by molar-refractivity contribution is 0.286. The molecule has 0 atom stereocenters. The molecule has 1 N–H and O–H groups in total. The van der Waals surface area contributed by atoms with Gasteiger partial charge in [-0.3, -0.25) is 0 Å². The van der Waals surface area contributed by atoms with Crippen molar-refractivity contribution in [3.8, 4) is 5.75 Å². The number of fused-ring (bicyclic) bond motifs is 1. The molecule has 0 radical (unpaired) electrons. The zero-order valence-electron chi connectivity index (χ0n) is 13.1. The van der Waals surface area contributed by atoms with Gasteiger partial charge in [0, 0.05) is 18.2 Å². The predicted molar refractivity (Wildman–Crippen MR) is 88.8 cm³/mol. The zero-order chi connectivity index (χ0) is 14.7. The first-order valence-corrected chi connectivity index (χ1v) is 8.11.